The van der Waals surface area contributed by atoms with Crippen LogP contribution in [0.4, 0.5) is 11.5 Å². The van der Waals surface area contributed by atoms with Crippen molar-refractivity contribution in [1.29, 1.82) is 0 Å². The highest BCUT2D eigenvalue weighted by molar-refractivity contribution is 6.08. The Morgan fingerprint density at radius 2 is 2.03 bits per heavy atom. The third kappa shape index (κ3) is 4.00. The molecule has 4 rings (SSSR count). The van der Waals surface area contributed by atoms with E-state index in [0.29, 0.717) is 23.8 Å². The van der Waals surface area contributed by atoms with Crippen LogP contribution in [0.5, 0.6) is 11.5 Å². The van der Waals surface area contributed by atoms with Crippen LogP contribution in [0, 0.1) is 0 Å². The number of rotatable bonds is 7. The minimum Gasteiger partial charge on any atom is -0.497 e. The SMILES string of the molecule is CCOc1ccccc1[C@@H]1C=C(C(=O)O)Nc2c(C(=O)Nc3cccc(OC)c3)cnn21. The second-order valence-corrected chi connectivity index (χ2v) is 6.96. The lowest BCUT2D eigenvalue weighted by molar-refractivity contribution is -0.132. The molecule has 1 aliphatic rings. The van der Waals surface area contributed by atoms with E-state index in [1.807, 2.05) is 31.2 Å². The van der Waals surface area contributed by atoms with Crippen LogP contribution >= 0.6 is 0 Å². The Morgan fingerprint density at radius 3 is 2.78 bits per heavy atom. The highest BCUT2D eigenvalue weighted by Crippen LogP contribution is 2.36. The van der Waals surface area contributed by atoms with Crippen molar-refractivity contribution in [2.24, 2.45) is 0 Å². The Morgan fingerprint density at radius 1 is 1.22 bits per heavy atom. The molecule has 9 heteroatoms. The predicted octanol–water partition coefficient (Wildman–Crippen LogP) is 3.53. The van der Waals surface area contributed by atoms with Crippen LogP contribution < -0.4 is 20.1 Å². The van der Waals surface area contributed by atoms with Gasteiger partial charge in [-0.05, 0) is 31.2 Å². The summed E-state index contributed by atoms with van der Waals surface area (Å²) in [4.78, 5) is 24.8. The summed E-state index contributed by atoms with van der Waals surface area (Å²) in [6.07, 6.45) is 2.96. The highest BCUT2D eigenvalue weighted by atomic mass is 16.5. The fourth-order valence-corrected chi connectivity index (χ4v) is 3.52. The van der Waals surface area contributed by atoms with Gasteiger partial charge in [0.15, 0.2) is 0 Å². The number of aliphatic carboxylic acids is 1. The number of nitrogens with zero attached hydrogens (tertiary/aromatic N) is 2. The van der Waals surface area contributed by atoms with E-state index in [0.717, 1.165) is 5.56 Å². The van der Waals surface area contributed by atoms with Crippen LogP contribution in [-0.4, -0.2) is 40.5 Å². The van der Waals surface area contributed by atoms with Gasteiger partial charge in [0.05, 0.1) is 19.9 Å². The third-order valence-corrected chi connectivity index (χ3v) is 4.98. The number of carboxylic acids is 1. The van der Waals surface area contributed by atoms with Crippen molar-refractivity contribution in [2.45, 2.75) is 13.0 Å². The van der Waals surface area contributed by atoms with Gasteiger partial charge in [0.25, 0.3) is 5.91 Å². The lowest BCUT2D eigenvalue weighted by Crippen LogP contribution is -2.26. The number of fused-ring (bicyclic) bond motifs is 1. The number of hydrogen-bond donors (Lipinski definition) is 3. The molecule has 0 bridgehead atoms. The smallest absolute Gasteiger partial charge is 0.352 e. The van der Waals surface area contributed by atoms with Gasteiger partial charge in [-0.1, -0.05) is 24.3 Å². The van der Waals surface area contributed by atoms with E-state index in [4.69, 9.17) is 9.47 Å². The monoisotopic (exact) mass is 434 g/mol. The first-order chi connectivity index (χ1) is 15.5. The number of benzene rings is 2. The van der Waals surface area contributed by atoms with Crippen molar-refractivity contribution < 1.29 is 24.2 Å². The van der Waals surface area contributed by atoms with Crippen LogP contribution in [0.2, 0.25) is 0 Å². The van der Waals surface area contributed by atoms with Crippen molar-refractivity contribution in [2.75, 3.05) is 24.4 Å². The molecule has 2 heterocycles. The third-order valence-electron chi connectivity index (χ3n) is 4.98. The lowest BCUT2D eigenvalue weighted by Gasteiger charge is -2.25. The van der Waals surface area contributed by atoms with E-state index in [2.05, 4.69) is 15.7 Å². The number of allylic oxidation sites excluding steroid dienone is 1. The fourth-order valence-electron chi connectivity index (χ4n) is 3.52. The average molecular weight is 434 g/mol. The summed E-state index contributed by atoms with van der Waals surface area (Å²) >= 11 is 0. The Labute approximate surface area is 184 Å². The first kappa shape index (κ1) is 21.0. The standard InChI is InChI=1S/C23H22N4O5/c1-3-32-20-10-5-4-9-16(20)19-12-18(23(29)30)26-21-17(13-24-27(19)21)22(28)25-14-7-6-8-15(11-14)31-2/h4-13,19,26H,3H2,1-2H3,(H,25,28)(H,29,30)/t19-/m0/s1. The fraction of sp³-hybridized carbons (Fsp3) is 0.174. The molecule has 0 saturated heterocycles. The van der Waals surface area contributed by atoms with Crippen molar-refractivity contribution in [1.82, 2.24) is 9.78 Å². The zero-order chi connectivity index (χ0) is 22.7. The highest BCUT2D eigenvalue weighted by Gasteiger charge is 2.30. The van der Waals surface area contributed by atoms with Crippen LogP contribution in [-0.2, 0) is 4.79 Å². The summed E-state index contributed by atoms with van der Waals surface area (Å²) in [5, 5.41) is 19.7. The van der Waals surface area contributed by atoms with Crippen molar-refractivity contribution in [3.63, 3.8) is 0 Å². The summed E-state index contributed by atoms with van der Waals surface area (Å²) in [7, 11) is 1.54. The Balaban J connectivity index is 1.73. The van der Waals surface area contributed by atoms with E-state index in [1.165, 1.54) is 6.20 Å². The zero-order valence-corrected chi connectivity index (χ0v) is 17.5. The Bertz CT molecular complexity index is 1200. The molecule has 2 aromatic carbocycles. The number of methoxy groups -OCH3 is 1. The van der Waals surface area contributed by atoms with Crippen LogP contribution in [0.15, 0.2) is 66.5 Å². The maximum Gasteiger partial charge on any atom is 0.352 e. The largest absolute Gasteiger partial charge is 0.497 e. The first-order valence-corrected chi connectivity index (χ1v) is 9.98. The average Bonchev–Trinajstić information content (AvgIpc) is 3.23. The molecular weight excluding hydrogens is 412 g/mol. The van der Waals surface area contributed by atoms with Gasteiger partial charge >= 0.3 is 5.97 Å². The van der Waals surface area contributed by atoms with Crippen LogP contribution in [0.25, 0.3) is 0 Å². The molecule has 0 radical (unpaired) electrons. The van der Waals surface area contributed by atoms with E-state index < -0.39 is 17.9 Å². The van der Waals surface area contributed by atoms with Gasteiger partial charge in [-0.2, -0.15) is 5.10 Å². The Kier molecular flexibility index (Phi) is 5.80. The maximum absolute atomic E-state index is 13.0. The first-order valence-electron chi connectivity index (χ1n) is 9.98. The number of carbonyl (C=O) groups is 2. The maximum atomic E-state index is 13.0. The number of carbonyl (C=O) groups excluding carboxylic acids is 1. The summed E-state index contributed by atoms with van der Waals surface area (Å²) in [6, 6.07) is 13.7. The van der Waals surface area contributed by atoms with Crippen molar-refractivity contribution in [3.05, 3.63) is 77.6 Å². The van der Waals surface area contributed by atoms with Crippen molar-refractivity contribution >= 4 is 23.4 Å². The lowest BCUT2D eigenvalue weighted by atomic mass is 10.0. The number of para-hydroxylation sites is 1. The molecule has 9 nitrogen and oxygen atoms in total. The van der Waals surface area contributed by atoms with E-state index >= 15 is 0 Å². The van der Waals surface area contributed by atoms with E-state index in [1.54, 1.807) is 42.1 Å². The molecular formula is C23H22N4O5. The number of anilines is 2. The molecule has 1 amide bonds. The molecule has 1 aromatic heterocycles. The number of nitrogens with one attached hydrogen (secondary N) is 2. The van der Waals surface area contributed by atoms with Gasteiger partial charge in [-0.15, -0.1) is 0 Å². The van der Waals surface area contributed by atoms with Gasteiger partial charge in [-0.3, -0.25) is 4.79 Å². The predicted molar refractivity (Wildman–Crippen MR) is 118 cm³/mol. The zero-order valence-electron chi connectivity index (χ0n) is 17.5. The number of hydrogen-bond acceptors (Lipinski definition) is 6. The van der Waals surface area contributed by atoms with Gasteiger partial charge < -0.3 is 25.2 Å². The molecule has 32 heavy (non-hydrogen) atoms. The quantitative estimate of drug-likeness (QED) is 0.521. The molecule has 164 valence electrons. The van der Waals surface area contributed by atoms with Gasteiger partial charge in [0, 0.05) is 17.3 Å². The second-order valence-electron chi connectivity index (χ2n) is 6.96. The van der Waals surface area contributed by atoms with Gasteiger partial charge in [-0.25, -0.2) is 9.48 Å². The van der Waals surface area contributed by atoms with Crippen LogP contribution in [0.1, 0.15) is 28.9 Å². The number of carboxylic acid groups (broad SMARTS) is 1. The van der Waals surface area contributed by atoms with E-state index in [9.17, 15) is 14.7 Å². The topological polar surface area (TPSA) is 115 Å². The molecule has 0 fully saturated rings. The molecule has 0 aliphatic carbocycles. The number of ether oxygens (including phenoxy) is 2. The molecule has 3 aromatic rings. The normalized spacial score (nSPS) is 14.6. The molecule has 1 aliphatic heterocycles. The molecule has 3 N–H and O–H groups in total. The summed E-state index contributed by atoms with van der Waals surface area (Å²) in [5.41, 5.74) is 1.43. The second kappa shape index (κ2) is 8.84. The number of aromatic nitrogens is 2. The molecule has 1 atom stereocenters. The molecule has 0 spiro atoms. The summed E-state index contributed by atoms with van der Waals surface area (Å²) in [5.74, 6) is -0.0825. The minimum absolute atomic E-state index is 0.0512. The van der Waals surface area contributed by atoms with Gasteiger partial charge in [0.2, 0.25) is 0 Å². The summed E-state index contributed by atoms with van der Waals surface area (Å²) in [6.45, 7) is 2.33. The Hall–Kier alpha value is -4.27. The molecule has 0 saturated carbocycles. The summed E-state index contributed by atoms with van der Waals surface area (Å²) < 4.78 is 12.5. The van der Waals surface area contributed by atoms with Crippen LogP contribution in [0.3, 0.4) is 0 Å². The molecule has 0 unspecified atom stereocenters. The van der Waals surface area contributed by atoms with Gasteiger partial charge in [0.1, 0.15) is 34.6 Å². The van der Waals surface area contributed by atoms with Crippen molar-refractivity contribution in [3.8, 4) is 11.5 Å². The number of amides is 1. The minimum atomic E-state index is -1.14. The van der Waals surface area contributed by atoms with E-state index in [-0.39, 0.29) is 17.1 Å².